The Morgan fingerprint density at radius 3 is 2.86 bits per heavy atom. The van der Waals surface area contributed by atoms with Crippen LogP contribution < -0.4 is 10.6 Å². The van der Waals surface area contributed by atoms with Gasteiger partial charge in [0.1, 0.15) is 5.82 Å². The lowest BCUT2D eigenvalue weighted by Gasteiger charge is -2.10. The molecule has 0 radical (unpaired) electrons. The number of carboxylic acids is 1. The van der Waals surface area contributed by atoms with Gasteiger partial charge in [-0.1, -0.05) is 19.9 Å². The first kappa shape index (κ1) is 14.8. The standard InChI is InChI=1S/C15H18N4O2/c1-10(2)9-17-15-16-7-6-13(19-15)18-12-5-3-4-11(8-12)14(20)21/h3-8,10H,9H2,1-2H3,(H,20,21)(H2,16,17,18,19). The fourth-order valence-corrected chi connectivity index (χ4v) is 1.69. The number of nitrogens with zero attached hydrogens (tertiary/aromatic N) is 2. The largest absolute Gasteiger partial charge is 0.478 e. The normalized spacial score (nSPS) is 10.4. The predicted molar refractivity (Wildman–Crippen MR) is 82.0 cm³/mol. The fourth-order valence-electron chi connectivity index (χ4n) is 1.69. The molecule has 0 amide bonds. The second-order valence-corrected chi connectivity index (χ2v) is 5.05. The van der Waals surface area contributed by atoms with Crippen molar-refractivity contribution in [3.05, 3.63) is 42.1 Å². The average molecular weight is 286 g/mol. The first-order chi connectivity index (χ1) is 10.0. The summed E-state index contributed by atoms with van der Waals surface area (Å²) in [5.74, 6) is 0.694. The number of nitrogens with one attached hydrogen (secondary N) is 2. The van der Waals surface area contributed by atoms with Crippen LogP contribution in [0.3, 0.4) is 0 Å². The van der Waals surface area contributed by atoms with Gasteiger partial charge in [-0.15, -0.1) is 0 Å². The molecule has 0 saturated heterocycles. The smallest absolute Gasteiger partial charge is 0.335 e. The molecule has 3 N–H and O–H groups in total. The molecule has 21 heavy (non-hydrogen) atoms. The summed E-state index contributed by atoms with van der Waals surface area (Å²) < 4.78 is 0. The van der Waals surface area contributed by atoms with E-state index in [0.29, 0.717) is 23.4 Å². The molecule has 6 nitrogen and oxygen atoms in total. The highest BCUT2D eigenvalue weighted by Gasteiger charge is 2.05. The predicted octanol–water partition coefficient (Wildman–Crippen LogP) is 2.99. The van der Waals surface area contributed by atoms with Crippen LogP contribution in [0.5, 0.6) is 0 Å². The van der Waals surface area contributed by atoms with E-state index >= 15 is 0 Å². The van der Waals surface area contributed by atoms with Crippen LogP contribution in [0.4, 0.5) is 17.5 Å². The Hall–Kier alpha value is -2.63. The number of carboxylic acid groups (broad SMARTS) is 1. The Morgan fingerprint density at radius 2 is 2.14 bits per heavy atom. The van der Waals surface area contributed by atoms with E-state index in [1.807, 2.05) is 0 Å². The van der Waals surface area contributed by atoms with E-state index in [2.05, 4.69) is 34.4 Å². The van der Waals surface area contributed by atoms with Gasteiger partial charge >= 0.3 is 5.97 Å². The van der Waals surface area contributed by atoms with E-state index in [9.17, 15) is 4.79 Å². The summed E-state index contributed by atoms with van der Waals surface area (Å²) in [4.78, 5) is 19.4. The molecule has 110 valence electrons. The van der Waals surface area contributed by atoms with E-state index in [0.717, 1.165) is 6.54 Å². The highest BCUT2D eigenvalue weighted by atomic mass is 16.4. The molecule has 0 atom stereocenters. The zero-order valence-electron chi connectivity index (χ0n) is 12.0. The van der Waals surface area contributed by atoms with Crippen molar-refractivity contribution in [3.63, 3.8) is 0 Å². The van der Waals surface area contributed by atoms with Crippen molar-refractivity contribution in [2.45, 2.75) is 13.8 Å². The maximum Gasteiger partial charge on any atom is 0.335 e. The number of rotatable bonds is 6. The summed E-state index contributed by atoms with van der Waals surface area (Å²) in [5.41, 5.74) is 0.899. The van der Waals surface area contributed by atoms with Gasteiger partial charge in [-0.05, 0) is 30.2 Å². The molecule has 1 heterocycles. The lowest BCUT2D eigenvalue weighted by Crippen LogP contribution is -2.11. The number of hydrogen-bond donors (Lipinski definition) is 3. The van der Waals surface area contributed by atoms with Gasteiger partial charge in [0, 0.05) is 18.4 Å². The Labute approximate surface area is 123 Å². The number of carbonyl (C=O) groups is 1. The van der Waals surface area contributed by atoms with Crippen molar-refractivity contribution in [1.29, 1.82) is 0 Å². The number of aromatic nitrogens is 2. The topological polar surface area (TPSA) is 87.1 Å². The Morgan fingerprint density at radius 1 is 1.33 bits per heavy atom. The van der Waals surface area contributed by atoms with Crippen LogP contribution in [0, 0.1) is 5.92 Å². The molecule has 0 saturated carbocycles. The van der Waals surface area contributed by atoms with E-state index in [1.54, 1.807) is 36.5 Å². The summed E-state index contributed by atoms with van der Waals surface area (Å²) in [6, 6.07) is 8.31. The van der Waals surface area contributed by atoms with Crippen molar-refractivity contribution in [1.82, 2.24) is 9.97 Å². The van der Waals surface area contributed by atoms with Gasteiger partial charge in [-0.2, -0.15) is 4.98 Å². The molecule has 0 aliphatic carbocycles. The van der Waals surface area contributed by atoms with Crippen LogP contribution in [0.1, 0.15) is 24.2 Å². The van der Waals surface area contributed by atoms with Crippen LogP contribution in [-0.4, -0.2) is 27.6 Å². The van der Waals surface area contributed by atoms with E-state index in [-0.39, 0.29) is 5.56 Å². The van der Waals surface area contributed by atoms with E-state index < -0.39 is 5.97 Å². The number of anilines is 3. The minimum atomic E-state index is -0.958. The molecule has 2 rings (SSSR count). The molecule has 0 spiro atoms. The second-order valence-electron chi connectivity index (χ2n) is 5.05. The van der Waals surface area contributed by atoms with Gasteiger partial charge in [0.05, 0.1) is 5.56 Å². The fraction of sp³-hybridized carbons (Fsp3) is 0.267. The van der Waals surface area contributed by atoms with Crippen molar-refractivity contribution in [2.75, 3.05) is 17.2 Å². The molecular formula is C15H18N4O2. The quantitative estimate of drug-likeness (QED) is 0.756. The molecule has 0 aliphatic rings. The highest BCUT2D eigenvalue weighted by molar-refractivity contribution is 5.89. The summed E-state index contributed by atoms with van der Waals surface area (Å²) in [5, 5.41) is 15.2. The molecule has 2 aromatic rings. The first-order valence-electron chi connectivity index (χ1n) is 6.72. The van der Waals surface area contributed by atoms with Crippen molar-refractivity contribution in [2.24, 2.45) is 5.92 Å². The minimum absolute atomic E-state index is 0.229. The number of hydrogen-bond acceptors (Lipinski definition) is 5. The monoisotopic (exact) mass is 286 g/mol. The molecular weight excluding hydrogens is 268 g/mol. The van der Waals surface area contributed by atoms with Crippen LogP contribution in [-0.2, 0) is 0 Å². The molecule has 0 fully saturated rings. The summed E-state index contributed by atoms with van der Waals surface area (Å²) in [6.07, 6.45) is 1.65. The number of benzene rings is 1. The van der Waals surface area contributed by atoms with Gasteiger partial charge < -0.3 is 15.7 Å². The summed E-state index contributed by atoms with van der Waals surface area (Å²) >= 11 is 0. The first-order valence-corrected chi connectivity index (χ1v) is 6.72. The third-order valence-corrected chi connectivity index (χ3v) is 2.71. The second kappa shape index (κ2) is 6.69. The average Bonchev–Trinajstić information content (AvgIpc) is 2.46. The van der Waals surface area contributed by atoms with Crippen LogP contribution in [0.25, 0.3) is 0 Å². The Kier molecular flexibility index (Phi) is 4.71. The minimum Gasteiger partial charge on any atom is -0.478 e. The van der Waals surface area contributed by atoms with E-state index in [4.69, 9.17) is 5.11 Å². The number of aromatic carboxylic acids is 1. The summed E-state index contributed by atoms with van der Waals surface area (Å²) in [7, 11) is 0. The lowest BCUT2D eigenvalue weighted by molar-refractivity contribution is 0.0697. The zero-order chi connectivity index (χ0) is 15.2. The van der Waals surface area contributed by atoms with Gasteiger partial charge in [-0.25, -0.2) is 9.78 Å². The maximum atomic E-state index is 10.9. The van der Waals surface area contributed by atoms with Crippen molar-refractivity contribution >= 4 is 23.4 Å². The SMILES string of the molecule is CC(C)CNc1nccc(Nc2cccc(C(=O)O)c2)n1. The Balaban J connectivity index is 2.10. The van der Waals surface area contributed by atoms with Gasteiger partial charge in [0.15, 0.2) is 0 Å². The zero-order valence-corrected chi connectivity index (χ0v) is 12.0. The van der Waals surface area contributed by atoms with Crippen LogP contribution >= 0.6 is 0 Å². The van der Waals surface area contributed by atoms with Crippen LogP contribution in [0.15, 0.2) is 36.5 Å². The molecule has 0 unspecified atom stereocenters. The summed E-state index contributed by atoms with van der Waals surface area (Å²) in [6.45, 7) is 5.00. The van der Waals surface area contributed by atoms with Crippen molar-refractivity contribution in [3.8, 4) is 0 Å². The molecule has 6 heteroatoms. The van der Waals surface area contributed by atoms with Gasteiger partial charge in [0.2, 0.25) is 5.95 Å². The molecule has 1 aromatic carbocycles. The van der Waals surface area contributed by atoms with Gasteiger partial charge in [0.25, 0.3) is 0 Å². The molecule has 0 bridgehead atoms. The lowest BCUT2D eigenvalue weighted by atomic mass is 10.2. The molecule has 1 aromatic heterocycles. The third-order valence-electron chi connectivity index (χ3n) is 2.71. The van der Waals surface area contributed by atoms with Gasteiger partial charge in [-0.3, -0.25) is 0 Å². The Bertz CT molecular complexity index is 629. The highest BCUT2D eigenvalue weighted by Crippen LogP contribution is 2.16. The molecule has 0 aliphatic heterocycles. The third kappa shape index (κ3) is 4.45. The van der Waals surface area contributed by atoms with Crippen LogP contribution in [0.2, 0.25) is 0 Å². The van der Waals surface area contributed by atoms with E-state index in [1.165, 1.54) is 0 Å². The van der Waals surface area contributed by atoms with Crippen molar-refractivity contribution < 1.29 is 9.90 Å². The maximum absolute atomic E-state index is 10.9.